The van der Waals surface area contributed by atoms with E-state index >= 15 is 0 Å². The summed E-state index contributed by atoms with van der Waals surface area (Å²) in [6.45, 7) is 4.20. The molecule has 0 unspecified atom stereocenters. The number of hydrogen-bond donors (Lipinski definition) is 0. The van der Waals surface area contributed by atoms with Crippen molar-refractivity contribution in [2.45, 2.75) is 26.2 Å². The Labute approximate surface area is 107 Å². The van der Waals surface area contributed by atoms with E-state index in [9.17, 15) is 0 Å². The molecule has 0 amide bonds. The largest absolute Gasteiger partial charge is 0.237 e. The van der Waals surface area contributed by atoms with Crippen LogP contribution in [0.3, 0.4) is 0 Å². The molecule has 0 aliphatic carbocycles. The van der Waals surface area contributed by atoms with Gasteiger partial charge in [-0.05, 0) is 17.5 Å². The Kier molecular flexibility index (Phi) is 3.75. The van der Waals surface area contributed by atoms with Crippen LogP contribution in [-0.4, -0.2) is 9.97 Å². The Hall–Kier alpha value is -1.41. The molecular formula is C14H15ClN2. The second-order valence-corrected chi connectivity index (χ2v) is 4.74. The predicted molar refractivity (Wildman–Crippen MR) is 70.4 cm³/mol. The number of aromatic nitrogens is 2. The normalized spacial score (nSPS) is 10.8. The highest BCUT2D eigenvalue weighted by Crippen LogP contribution is 2.17. The van der Waals surface area contributed by atoms with Gasteiger partial charge in [0.2, 0.25) is 0 Å². The second-order valence-electron chi connectivity index (χ2n) is 4.35. The second kappa shape index (κ2) is 5.28. The zero-order chi connectivity index (χ0) is 12.3. The van der Waals surface area contributed by atoms with Crippen LogP contribution < -0.4 is 0 Å². The highest BCUT2D eigenvalue weighted by atomic mass is 35.5. The van der Waals surface area contributed by atoms with Crippen molar-refractivity contribution in [3.63, 3.8) is 0 Å². The zero-order valence-electron chi connectivity index (χ0n) is 10.0. The fourth-order valence-corrected chi connectivity index (χ4v) is 1.85. The average molecular weight is 247 g/mol. The van der Waals surface area contributed by atoms with Crippen molar-refractivity contribution < 1.29 is 0 Å². The number of nitrogens with zero attached hydrogens (tertiary/aromatic N) is 2. The third kappa shape index (κ3) is 3.27. The number of hydrogen-bond acceptors (Lipinski definition) is 2. The first-order chi connectivity index (χ1) is 8.15. The van der Waals surface area contributed by atoms with Crippen LogP contribution in [0.2, 0.25) is 5.15 Å². The van der Waals surface area contributed by atoms with Crippen molar-refractivity contribution in [3.05, 3.63) is 58.6 Å². The van der Waals surface area contributed by atoms with E-state index < -0.39 is 0 Å². The minimum Gasteiger partial charge on any atom is -0.237 e. The van der Waals surface area contributed by atoms with Crippen molar-refractivity contribution in [2.24, 2.45) is 0 Å². The van der Waals surface area contributed by atoms with Gasteiger partial charge in [-0.15, -0.1) is 0 Å². The fraction of sp³-hybridized carbons (Fsp3) is 0.286. The minimum absolute atomic E-state index is 0.366. The lowest BCUT2D eigenvalue weighted by molar-refractivity contribution is 0.791. The first-order valence-corrected chi connectivity index (χ1v) is 6.10. The molecule has 17 heavy (non-hydrogen) atoms. The van der Waals surface area contributed by atoms with Gasteiger partial charge in [0.15, 0.2) is 0 Å². The first kappa shape index (κ1) is 12.1. The fourth-order valence-electron chi connectivity index (χ4n) is 1.64. The standard InChI is InChI=1S/C14H15ClN2/c1-10(2)12-9-13(15)17-14(16-12)8-11-6-4-3-5-7-11/h3-7,9-10H,8H2,1-2H3. The van der Waals surface area contributed by atoms with E-state index in [-0.39, 0.29) is 0 Å². The third-order valence-electron chi connectivity index (χ3n) is 2.56. The lowest BCUT2D eigenvalue weighted by Crippen LogP contribution is -2.02. The highest BCUT2D eigenvalue weighted by Gasteiger charge is 2.07. The van der Waals surface area contributed by atoms with Crippen LogP contribution in [0.25, 0.3) is 0 Å². The van der Waals surface area contributed by atoms with E-state index in [4.69, 9.17) is 11.6 Å². The molecular weight excluding hydrogens is 232 g/mol. The molecule has 2 aromatic rings. The maximum Gasteiger partial charge on any atom is 0.134 e. The number of rotatable bonds is 3. The molecule has 0 aliphatic rings. The molecule has 0 fully saturated rings. The van der Waals surface area contributed by atoms with Crippen molar-refractivity contribution in [1.82, 2.24) is 9.97 Å². The average Bonchev–Trinajstić information content (AvgIpc) is 2.29. The van der Waals surface area contributed by atoms with Crippen LogP contribution in [0.4, 0.5) is 0 Å². The van der Waals surface area contributed by atoms with Gasteiger partial charge in [0, 0.05) is 12.1 Å². The van der Waals surface area contributed by atoms with Crippen LogP contribution >= 0.6 is 11.6 Å². The van der Waals surface area contributed by atoms with Crippen LogP contribution in [-0.2, 0) is 6.42 Å². The van der Waals surface area contributed by atoms with Gasteiger partial charge in [0.25, 0.3) is 0 Å². The summed E-state index contributed by atoms with van der Waals surface area (Å²) in [4.78, 5) is 8.80. The van der Waals surface area contributed by atoms with Gasteiger partial charge in [-0.3, -0.25) is 0 Å². The molecule has 0 atom stereocenters. The maximum absolute atomic E-state index is 6.01. The van der Waals surface area contributed by atoms with Crippen LogP contribution in [0.15, 0.2) is 36.4 Å². The van der Waals surface area contributed by atoms with Crippen LogP contribution in [0.1, 0.15) is 36.8 Å². The Morgan fingerprint density at radius 2 is 1.82 bits per heavy atom. The third-order valence-corrected chi connectivity index (χ3v) is 2.75. The summed E-state index contributed by atoms with van der Waals surface area (Å²) in [6.07, 6.45) is 0.723. The van der Waals surface area contributed by atoms with E-state index in [1.807, 2.05) is 24.3 Å². The molecule has 0 bridgehead atoms. The maximum atomic E-state index is 6.01. The summed E-state index contributed by atoms with van der Waals surface area (Å²) in [5.41, 5.74) is 2.19. The van der Waals surface area contributed by atoms with Gasteiger partial charge >= 0.3 is 0 Å². The Bertz CT molecular complexity index is 495. The quantitative estimate of drug-likeness (QED) is 0.769. The highest BCUT2D eigenvalue weighted by molar-refractivity contribution is 6.29. The lowest BCUT2D eigenvalue weighted by Gasteiger charge is -2.07. The van der Waals surface area contributed by atoms with E-state index in [2.05, 4.69) is 35.9 Å². The Balaban J connectivity index is 2.27. The van der Waals surface area contributed by atoms with E-state index in [0.717, 1.165) is 17.9 Å². The summed E-state index contributed by atoms with van der Waals surface area (Å²) in [5.74, 6) is 1.15. The molecule has 1 aromatic heterocycles. The van der Waals surface area contributed by atoms with Crippen molar-refractivity contribution >= 4 is 11.6 Å². The summed E-state index contributed by atoms with van der Waals surface area (Å²) >= 11 is 6.01. The minimum atomic E-state index is 0.366. The summed E-state index contributed by atoms with van der Waals surface area (Å²) in [6, 6.07) is 12.0. The van der Waals surface area contributed by atoms with Crippen LogP contribution in [0.5, 0.6) is 0 Å². The Morgan fingerprint density at radius 1 is 1.12 bits per heavy atom. The lowest BCUT2D eigenvalue weighted by atomic mass is 10.1. The molecule has 3 heteroatoms. The number of halogens is 1. The molecule has 88 valence electrons. The Morgan fingerprint density at radius 3 is 2.47 bits per heavy atom. The van der Waals surface area contributed by atoms with Gasteiger partial charge in [-0.25, -0.2) is 9.97 Å². The summed E-state index contributed by atoms with van der Waals surface area (Å²) < 4.78 is 0. The predicted octanol–water partition coefficient (Wildman–Crippen LogP) is 3.84. The first-order valence-electron chi connectivity index (χ1n) is 5.72. The van der Waals surface area contributed by atoms with Gasteiger partial charge in [0.05, 0.1) is 0 Å². The van der Waals surface area contributed by atoms with E-state index in [0.29, 0.717) is 11.1 Å². The molecule has 2 rings (SSSR count). The van der Waals surface area contributed by atoms with E-state index in [1.54, 1.807) is 0 Å². The molecule has 1 heterocycles. The number of benzene rings is 1. The monoisotopic (exact) mass is 246 g/mol. The van der Waals surface area contributed by atoms with Gasteiger partial charge in [-0.1, -0.05) is 55.8 Å². The summed E-state index contributed by atoms with van der Waals surface area (Å²) in [5, 5.41) is 0.523. The molecule has 0 saturated carbocycles. The van der Waals surface area contributed by atoms with Crippen molar-refractivity contribution in [2.75, 3.05) is 0 Å². The molecule has 0 aliphatic heterocycles. The molecule has 1 aromatic carbocycles. The van der Waals surface area contributed by atoms with Crippen molar-refractivity contribution in [3.8, 4) is 0 Å². The van der Waals surface area contributed by atoms with Gasteiger partial charge in [-0.2, -0.15) is 0 Å². The molecule has 0 radical (unpaired) electrons. The van der Waals surface area contributed by atoms with Crippen molar-refractivity contribution in [1.29, 1.82) is 0 Å². The molecule has 2 nitrogen and oxygen atoms in total. The van der Waals surface area contributed by atoms with Gasteiger partial charge in [0.1, 0.15) is 11.0 Å². The van der Waals surface area contributed by atoms with Gasteiger partial charge < -0.3 is 0 Å². The van der Waals surface area contributed by atoms with E-state index in [1.165, 1.54) is 5.56 Å². The molecule has 0 N–H and O–H groups in total. The molecule has 0 spiro atoms. The SMILES string of the molecule is CC(C)c1cc(Cl)nc(Cc2ccccc2)n1. The van der Waals surface area contributed by atoms with Crippen LogP contribution in [0, 0.1) is 0 Å². The zero-order valence-corrected chi connectivity index (χ0v) is 10.8. The summed E-state index contributed by atoms with van der Waals surface area (Å²) in [7, 11) is 0. The molecule has 0 saturated heterocycles. The topological polar surface area (TPSA) is 25.8 Å². The smallest absolute Gasteiger partial charge is 0.134 e.